The highest BCUT2D eigenvalue weighted by atomic mass is 35.5. The molecule has 1 aliphatic carbocycles. The summed E-state index contributed by atoms with van der Waals surface area (Å²) in [7, 11) is 0. The number of carbonyl (C=O) groups excluding carboxylic acids is 2. The quantitative estimate of drug-likeness (QED) is 0.471. The Morgan fingerprint density at radius 1 is 1.11 bits per heavy atom. The number of benzene rings is 1. The van der Waals surface area contributed by atoms with Crippen molar-refractivity contribution in [1.82, 2.24) is 20.4 Å². The van der Waals surface area contributed by atoms with Gasteiger partial charge in [0.1, 0.15) is 0 Å². The van der Waals surface area contributed by atoms with E-state index < -0.39 is 0 Å². The van der Waals surface area contributed by atoms with Crippen LogP contribution in [-0.2, 0) is 4.79 Å². The molecule has 2 N–H and O–H groups in total. The zero-order valence-electron chi connectivity index (χ0n) is 20.9. The lowest BCUT2D eigenvalue weighted by atomic mass is 9.99. The first-order valence-corrected chi connectivity index (χ1v) is 14.2. The fourth-order valence-corrected chi connectivity index (χ4v) is 5.84. The minimum atomic E-state index is -0.206. The van der Waals surface area contributed by atoms with E-state index in [2.05, 4.69) is 27.4 Å². The number of piperidine rings is 1. The summed E-state index contributed by atoms with van der Waals surface area (Å²) in [6.07, 6.45) is 9.19. The average Bonchev–Trinajstić information content (AvgIpc) is 3.72. The highest BCUT2D eigenvalue weighted by molar-refractivity contribution is 6.42. The van der Waals surface area contributed by atoms with Crippen LogP contribution >= 0.6 is 23.2 Å². The van der Waals surface area contributed by atoms with Gasteiger partial charge in [-0.05, 0) is 81.6 Å². The van der Waals surface area contributed by atoms with E-state index in [1.54, 1.807) is 18.2 Å². The second kappa shape index (κ2) is 12.8. The fraction of sp³-hybridized carbons (Fsp3) is 0.704. The lowest BCUT2D eigenvalue weighted by Gasteiger charge is -2.31. The van der Waals surface area contributed by atoms with Gasteiger partial charge in [0.15, 0.2) is 0 Å². The van der Waals surface area contributed by atoms with Gasteiger partial charge in [-0.25, -0.2) is 0 Å². The second-order valence-corrected chi connectivity index (χ2v) is 11.3. The molecule has 3 aliphatic rings. The molecule has 0 aromatic heterocycles. The minimum Gasteiger partial charge on any atom is -0.350 e. The van der Waals surface area contributed by atoms with Crippen molar-refractivity contribution in [3.05, 3.63) is 33.8 Å². The number of likely N-dealkylation sites (tertiary alicyclic amines) is 1. The van der Waals surface area contributed by atoms with Gasteiger partial charge in [-0.2, -0.15) is 0 Å². The molecule has 2 amide bonds. The molecule has 6 nitrogen and oxygen atoms in total. The zero-order chi connectivity index (χ0) is 24.8. The van der Waals surface area contributed by atoms with Gasteiger partial charge >= 0.3 is 0 Å². The number of amides is 2. The van der Waals surface area contributed by atoms with Crippen LogP contribution < -0.4 is 10.6 Å². The second-order valence-electron chi connectivity index (χ2n) is 10.5. The van der Waals surface area contributed by atoms with Gasteiger partial charge in [-0.3, -0.25) is 9.59 Å². The third-order valence-corrected chi connectivity index (χ3v) is 8.67. The molecule has 0 spiro atoms. The molecule has 1 aromatic rings. The zero-order valence-corrected chi connectivity index (χ0v) is 22.4. The van der Waals surface area contributed by atoms with E-state index in [1.807, 2.05) is 0 Å². The minimum absolute atomic E-state index is 0.0445. The van der Waals surface area contributed by atoms with E-state index in [-0.39, 0.29) is 23.9 Å². The van der Waals surface area contributed by atoms with Crippen LogP contribution in [0.1, 0.15) is 68.6 Å². The smallest absolute Gasteiger partial charge is 0.251 e. The Kier molecular flexibility index (Phi) is 9.74. The summed E-state index contributed by atoms with van der Waals surface area (Å²) in [5.74, 6) is 1.45. The Bertz CT molecular complexity index is 873. The molecule has 0 radical (unpaired) electrons. The lowest BCUT2D eigenvalue weighted by Crippen LogP contribution is -2.50. The van der Waals surface area contributed by atoms with E-state index in [4.69, 9.17) is 23.2 Å². The molecule has 2 heterocycles. The summed E-state index contributed by atoms with van der Waals surface area (Å²) in [5, 5.41) is 7.45. The molecule has 1 saturated carbocycles. The van der Waals surface area contributed by atoms with Crippen LogP contribution in [0.4, 0.5) is 0 Å². The van der Waals surface area contributed by atoms with E-state index in [9.17, 15) is 9.59 Å². The van der Waals surface area contributed by atoms with Crippen LogP contribution in [0, 0.1) is 11.8 Å². The molecule has 4 rings (SSSR count). The summed E-state index contributed by atoms with van der Waals surface area (Å²) in [4.78, 5) is 30.9. The first-order valence-electron chi connectivity index (χ1n) is 13.4. The molecule has 1 aromatic carbocycles. The third kappa shape index (κ3) is 7.58. The summed E-state index contributed by atoms with van der Waals surface area (Å²) in [6.45, 7) is 7.53. The fourth-order valence-electron chi connectivity index (χ4n) is 5.54. The van der Waals surface area contributed by atoms with Gasteiger partial charge in [-0.1, -0.05) is 43.0 Å². The normalized spacial score (nSPS) is 24.8. The molecule has 2 saturated heterocycles. The monoisotopic (exact) mass is 522 g/mol. The maximum atomic E-state index is 13.6. The topological polar surface area (TPSA) is 64.7 Å². The molecular weight excluding hydrogens is 483 g/mol. The average molecular weight is 524 g/mol. The Morgan fingerprint density at radius 2 is 1.89 bits per heavy atom. The van der Waals surface area contributed by atoms with Crippen LogP contribution in [0.15, 0.2) is 18.2 Å². The highest BCUT2D eigenvalue weighted by Gasteiger charge is 2.36. The number of hydrogen-bond donors (Lipinski definition) is 2. The van der Waals surface area contributed by atoms with E-state index in [1.165, 1.54) is 32.1 Å². The molecule has 3 atom stereocenters. The SMILES string of the molecule is CCC(CN1CC[C@H](CNC(=O)c2ccc(Cl)c(Cl)c2)N[C@H](CCN2CCCCC2)C1=O)C1CC1. The van der Waals surface area contributed by atoms with Gasteiger partial charge in [0.05, 0.1) is 16.1 Å². The van der Waals surface area contributed by atoms with Crippen LogP contribution in [-0.4, -0.2) is 73.0 Å². The molecule has 3 fully saturated rings. The summed E-state index contributed by atoms with van der Waals surface area (Å²) >= 11 is 12.1. The molecule has 1 unspecified atom stereocenters. The highest BCUT2D eigenvalue weighted by Crippen LogP contribution is 2.39. The van der Waals surface area contributed by atoms with Gasteiger partial charge in [0.2, 0.25) is 5.91 Å². The van der Waals surface area contributed by atoms with Gasteiger partial charge < -0.3 is 20.4 Å². The summed E-state index contributed by atoms with van der Waals surface area (Å²) < 4.78 is 0. The molecule has 0 bridgehead atoms. The number of nitrogens with zero attached hydrogens (tertiary/aromatic N) is 2. The summed E-state index contributed by atoms with van der Waals surface area (Å²) in [5.41, 5.74) is 0.489. The van der Waals surface area contributed by atoms with E-state index in [0.717, 1.165) is 57.9 Å². The van der Waals surface area contributed by atoms with Crippen LogP contribution in [0.3, 0.4) is 0 Å². The van der Waals surface area contributed by atoms with Crippen molar-refractivity contribution in [2.75, 3.05) is 39.3 Å². The largest absolute Gasteiger partial charge is 0.350 e. The standard InChI is InChI=1S/C27H40Cl2N4O2/c1-2-19(20-6-7-20)18-33-15-10-22(17-30-26(34)21-8-9-23(28)24(29)16-21)31-25(27(33)35)11-14-32-12-4-3-5-13-32/h8-9,16,19-20,22,25,31H,2-7,10-15,17-18H2,1H3,(H,30,34)/t19?,22-,25-/m1/s1. The summed E-state index contributed by atoms with van der Waals surface area (Å²) in [6, 6.07) is 4.75. The third-order valence-electron chi connectivity index (χ3n) is 7.94. The molecule has 8 heteroatoms. The molecule has 2 aliphatic heterocycles. The number of nitrogens with one attached hydrogen (secondary N) is 2. The van der Waals surface area contributed by atoms with Gasteiger partial charge in [0, 0.05) is 37.8 Å². The number of rotatable bonds is 10. The maximum Gasteiger partial charge on any atom is 0.251 e. The Morgan fingerprint density at radius 3 is 2.57 bits per heavy atom. The van der Waals surface area contributed by atoms with Crippen molar-refractivity contribution in [2.45, 2.75) is 70.4 Å². The Labute approximate surface area is 220 Å². The Hall–Kier alpha value is -1.34. The first-order chi connectivity index (χ1) is 16.9. The molecular formula is C27H40Cl2N4O2. The van der Waals surface area contributed by atoms with Crippen molar-refractivity contribution >= 4 is 35.0 Å². The number of carbonyl (C=O) groups is 2. The predicted molar refractivity (Wildman–Crippen MR) is 142 cm³/mol. The van der Waals surface area contributed by atoms with Crippen molar-refractivity contribution in [2.24, 2.45) is 11.8 Å². The van der Waals surface area contributed by atoms with Gasteiger partial charge in [-0.15, -0.1) is 0 Å². The van der Waals surface area contributed by atoms with E-state index >= 15 is 0 Å². The number of hydrogen-bond acceptors (Lipinski definition) is 4. The van der Waals surface area contributed by atoms with Crippen molar-refractivity contribution in [3.8, 4) is 0 Å². The van der Waals surface area contributed by atoms with Crippen LogP contribution in [0.25, 0.3) is 0 Å². The van der Waals surface area contributed by atoms with Crippen LogP contribution in [0.5, 0.6) is 0 Å². The van der Waals surface area contributed by atoms with Crippen molar-refractivity contribution in [3.63, 3.8) is 0 Å². The van der Waals surface area contributed by atoms with Crippen LogP contribution in [0.2, 0.25) is 10.0 Å². The number of halogens is 2. The predicted octanol–water partition coefficient (Wildman–Crippen LogP) is 4.59. The molecule has 35 heavy (non-hydrogen) atoms. The molecule has 194 valence electrons. The lowest BCUT2D eigenvalue weighted by molar-refractivity contribution is -0.133. The maximum absolute atomic E-state index is 13.6. The Balaban J connectivity index is 1.38. The van der Waals surface area contributed by atoms with E-state index in [0.29, 0.717) is 28.1 Å². The van der Waals surface area contributed by atoms with Gasteiger partial charge in [0.25, 0.3) is 5.91 Å². The van der Waals surface area contributed by atoms with Crippen molar-refractivity contribution in [1.29, 1.82) is 0 Å². The van der Waals surface area contributed by atoms with Crippen molar-refractivity contribution < 1.29 is 9.59 Å². The first kappa shape index (κ1) is 26.7.